The maximum absolute atomic E-state index is 10.7. The van der Waals surface area contributed by atoms with Crippen LogP contribution in [-0.2, 0) is 0 Å². The van der Waals surface area contributed by atoms with Gasteiger partial charge < -0.3 is 10.2 Å². The molecule has 0 aliphatic carbocycles. The maximum Gasteiger partial charge on any atom is 0.0666 e. The highest BCUT2D eigenvalue weighted by Crippen LogP contribution is 2.42. The highest BCUT2D eigenvalue weighted by atomic mass is 16.3. The van der Waals surface area contributed by atoms with Crippen LogP contribution in [0.1, 0.15) is 86.0 Å². The van der Waals surface area contributed by atoms with Gasteiger partial charge in [-0.3, -0.25) is 0 Å². The fraction of sp³-hybridized carbons (Fsp3) is 1.00. The Morgan fingerprint density at radius 1 is 0.842 bits per heavy atom. The number of aliphatic hydroxyl groups excluding tert-OH is 2. The van der Waals surface area contributed by atoms with Gasteiger partial charge in [0, 0.05) is 5.41 Å². The second-order valence-electron chi connectivity index (χ2n) is 7.20. The lowest BCUT2D eigenvalue weighted by Crippen LogP contribution is -2.46. The second-order valence-corrected chi connectivity index (χ2v) is 7.20. The highest BCUT2D eigenvalue weighted by molar-refractivity contribution is 4.92. The van der Waals surface area contributed by atoms with Crippen molar-refractivity contribution in [3.8, 4) is 0 Å². The molecule has 0 fully saturated rings. The van der Waals surface area contributed by atoms with Gasteiger partial charge in [0.2, 0.25) is 0 Å². The first kappa shape index (κ1) is 18.9. The molecule has 0 spiro atoms. The van der Waals surface area contributed by atoms with E-state index in [1.165, 1.54) is 19.3 Å². The molecule has 0 aromatic heterocycles. The number of unbranched alkanes of at least 4 members (excludes halogenated alkanes) is 4. The summed E-state index contributed by atoms with van der Waals surface area (Å²) < 4.78 is 0. The number of aliphatic hydroxyl groups is 2. The quantitative estimate of drug-likeness (QED) is 0.573. The average Bonchev–Trinajstić information content (AvgIpc) is 2.37. The number of hydrogen-bond acceptors (Lipinski definition) is 2. The first-order valence-corrected chi connectivity index (χ1v) is 8.13. The molecule has 0 aromatic carbocycles. The van der Waals surface area contributed by atoms with Crippen molar-refractivity contribution in [3.63, 3.8) is 0 Å². The largest absolute Gasteiger partial charge is 0.396 e. The van der Waals surface area contributed by atoms with E-state index in [0.29, 0.717) is 0 Å². The molecule has 2 N–H and O–H groups in total. The van der Waals surface area contributed by atoms with Crippen molar-refractivity contribution in [2.24, 2.45) is 10.8 Å². The summed E-state index contributed by atoms with van der Waals surface area (Å²) in [6, 6.07) is 0. The first-order chi connectivity index (χ1) is 8.84. The van der Waals surface area contributed by atoms with Gasteiger partial charge in [-0.05, 0) is 18.3 Å². The summed E-state index contributed by atoms with van der Waals surface area (Å²) in [5.74, 6) is 0. The predicted octanol–water partition coefficient (Wildman–Crippen LogP) is 4.53. The normalized spacial score (nSPS) is 17.2. The third kappa shape index (κ3) is 6.27. The lowest BCUT2D eigenvalue weighted by atomic mass is 9.66. The molecule has 0 aliphatic heterocycles. The van der Waals surface area contributed by atoms with Crippen LogP contribution < -0.4 is 0 Å². The van der Waals surface area contributed by atoms with Crippen LogP contribution >= 0.6 is 0 Å². The molecule has 0 heterocycles. The van der Waals surface area contributed by atoms with E-state index in [9.17, 15) is 10.2 Å². The Labute approximate surface area is 120 Å². The van der Waals surface area contributed by atoms with Crippen molar-refractivity contribution in [2.75, 3.05) is 6.61 Å². The lowest BCUT2D eigenvalue weighted by Gasteiger charge is -2.43. The van der Waals surface area contributed by atoms with Crippen molar-refractivity contribution >= 4 is 0 Å². The van der Waals surface area contributed by atoms with Crippen molar-refractivity contribution in [2.45, 2.75) is 92.1 Å². The van der Waals surface area contributed by atoms with Crippen molar-refractivity contribution in [3.05, 3.63) is 0 Å². The minimum Gasteiger partial charge on any atom is -0.396 e. The maximum atomic E-state index is 10.7. The van der Waals surface area contributed by atoms with Gasteiger partial charge in [0.25, 0.3) is 0 Å². The smallest absolute Gasteiger partial charge is 0.0666 e. The Morgan fingerprint density at radius 3 is 1.79 bits per heavy atom. The van der Waals surface area contributed by atoms with Crippen LogP contribution in [-0.4, -0.2) is 22.9 Å². The summed E-state index contributed by atoms with van der Waals surface area (Å²) in [5.41, 5.74) is -0.469. The van der Waals surface area contributed by atoms with E-state index in [1.54, 1.807) is 0 Å². The molecule has 2 nitrogen and oxygen atoms in total. The van der Waals surface area contributed by atoms with Crippen LogP contribution in [0.25, 0.3) is 0 Å². The van der Waals surface area contributed by atoms with Gasteiger partial charge in [-0.2, -0.15) is 0 Å². The van der Waals surface area contributed by atoms with Gasteiger partial charge in [-0.1, -0.05) is 73.1 Å². The monoisotopic (exact) mass is 272 g/mol. The number of hydrogen-bond donors (Lipinski definition) is 2. The molecule has 116 valence electrons. The van der Waals surface area contributed by atoms with Crippen molar-refractivity contribution < 1.29 is 10.2 Å². The van der Waals surface area contributed by atoms with Crippen molar-refractivity contribution in [1.29, 1.82) is 0 Å². The molecule has 19 heavy (non-hydrogen) atoms. The standard InChI is InChI=1S/C17H36O2/c1-6-8-10-11-13-17(14-18,12-9-7-2)15(19)16(3,4)5/h15,18-19H,6-14H2,1-5H3. The van der Waals surface area contributed by atoms with Gasteiger partial charge >= 0.3 is 0 Å². The molecule has 0 radical (unpaired) electrons. The molecular weight excluding hydrogens is 236 g/mol. The third-order valence-electron chi connectivity index (χ3n) is 4.27. The van der Waals surface area contributed by atoms with Gasteiger partial charge in [0.05, 0.1) is 12.7 Å². The number of rotatable bonds is 10. The van der Waals surface area contributed by atoms with E-state index in [4.69, 9.17) is 0 Å². The van der Waals surface area contributed by atoms with E-state index in [2.05, 4.69) is 34.6 Å². The van der Waals surface area contributed by atoms with Gasteiger partial charge in [0.1, 0.15) is 0 Å². The molecule has 2 atom stereocenters. The van der Waals surface area contributed by atoms with Crippen molar-refractivity contribution in [1.82, 2.24) is 0 Å². The molecule has 0 amide bonds. The fourth-order valence-corrected chi connectivity index (χ4v) is 2.99. The van der Waals surface area contributed by atoms with Gasteiger partial charge in [0.15, 0.2) is 0 Å². The van der Waals surface area contributed by atoms with Crippen LogP contribution in [0.5, 0.6) is 0 Å². The molecule has 0 aliphatic rings. The second kappa shape index (κ2) is 8.97. The summed E-state index contributed by atoms with van der Waals surface area (Å²) in [7, 11) is 0. The van der Waals surface area contributed by atoms with Crippen LogP contribution in [0.4, 0.5) is 0 Å². The zero-order valence-corrected chi connectivity index (χ0v) is 13.8. The Morgan fingerprint density at radius 2 is 1.37 bits per heavy atom. The van der Waals surface area contributed by atoms with E-state index in [1.807, 2.05) is 0 Å². The minimum atomic E-state index is -0.432. The van der Waals surface area contributed by atoms with Gasteiger partial charge in [-0.15, -0.1) is 0 Å². The zero-order valence-electron chi connectivity index (χ0n) is 13.8. The summed E-state index contributed by atoms with van der Waals surface area (Å²) in [4.78, 5) is 0. The molecule has 2 unspecified atom stereocenters. The highest BCUT2D eigenvalue weighted by Gasteiger charge is 2.42. The molecule has 0 bridgehead atoms. The Balaban J connectivity index is 4.76. The van der Waals surface area contributed by atoms with Crippen LogP contribution in [0.15, 0.2) is 0 Å². The molecular formula is C17H36O2. The van der Waals surface area contributed by atoms with Crippen LogP contribution in [0.3, 0.4) is 0 Å². The van der Waals surface area contributed by atoms with E-state index in [-0.39, 0.29) is 17.4 Å². The molecule has 0 saturated carbocycles. The molecule has 2 heteroatoms. The minimum absolute atomic E-state index is 0.109. The van der Waals surface area contributed by atoms with Crippen LogP contribution in [0, 0.1) is 10.8 Å². The lowest BCUT2D eigenvalue weighted by molar-refractivity contribution is -0.0881. The van der Waals surface area contributed by atoms with E-state index in [0.717, 1.165) is 32.1 Å². The fourth-order valence-electron chi connectivity index (χ4n) is 2.99. The Bertz CT molecular complexity index is 220. The topological polar surface area (TPSA) is 40.5 Å². The summed E-state index contributed by atoms with van der Waals surface area (Å²) in [6.45, 7) is 10.7. The molecule has 0 rings (SSSR count). The first-order valence-electron chi connectivity index (χ1n) is 8.13. The molecule has 0 saturated heterocycles. The van der Waals surface area contributed by atoms with E-state index < -0.39 is 6.10 Å². The third-order valence-corrected chi connectivity index (χ3v) is 4.27. The summed E-state index contributed by atoms with van der Waals surface area (Å²) in [5, 5.41) is 20.7. The van der Waals surface area contributed by atoms with E-state index >= 15 is 0 Å². The van der Waals surface area contributed by atoms with Gasteiger partial charge in [-0.25, -0.2) is 0 Å². The van der Waals surface area contributed by atoms with Crippen LogP contribution in [0.2, 0.25) is 0 Å². The summed E-state index contributed by atoms with van der Waals surface area (Å²) >= 11 is 0. The summed E-state index contributed by atoms with van der Waals surface area (Å²) in [6.07, 6.45) is 8.45. The Hall–Kier alpha value is -0.0800. The molecule has 0 aromatic rings. The predicted molar refractivity (Wildman–Crippen MR) is 83.3 cm³/mol. The average molecular weight is 272 g/mol. The SMILES string of the molecule is CCCCCCC(CO)(CCCC)C(O)C(C)(C)C. The Kier molecular flexibility index (Phi) is 8.93. The zero-order chi connectivity index (χ0) is 14.9.